The number of pyridine rings is 1. The maximum atomic E-state index is 12.3. The number of nitrogens with one attached hydrogen (secondary N) is 2. The molecule has 6 nitrogen and oxygen atoms in total. The number of aryl methyl sites for hydroxylation is 1. The van der Waals surface area contributed by atoms with E-state index in [2.05, 4.69) is 76.8 Å². The molecule has 1 unspecified atom stereocenters. The van der Waals surface area contributed by atoms with E-state index >= 15 is 0 Å². The average Bonchev–Trinajstić information content (AvgIpc) is 2.93. The zero-order valence-corrected chi connectivity index (χ0v) is 21.6. The Kier molecular flexibility index (Phi) is 7.87. The van der Waals surface area contributed by atoms with Crippen molar-refractivity contribution in [2.24, 2.45) is 0 Å². The summed E-state index contributed by atoms with van der Waals surface area (Å²) in [5, 5.41) is 4.83. The minimum Gasteiger partial charge on any atom is -0.486 e. The average molecular weight is 498 g/mol. The van der Waals surface area contributed by atoms with E-state index in [4.69, 9.17) is 9.47 Å². The molecule has 0 saturated carbocycles. The number of aromatic amines is 1. The Labute approximate surface area is 218 Å². The largest absolute Gasteiger partial charge is 0.486 e. The first-order valence-corrected chi connectivity index (χ1v) is 13.1. The van der Waals surface area contributed by atoms with Crippen LogP contribution in [0.25, 0.3) is 10.9 Å². The molecule has 0 radical (unpaired) electrons. The number of rotatable bonds is 10. The highest BCUT2D eigenvalue weighted by Gasteiger charge is 2.19. The maximum Gasteiger partial charge on any atom is 0.251 e. The Bertz CT molecular complexity index is 1400. The predicted molar refractivity (Wildman–Crippen MR) is 149 cm³/mol. The van der Waals surface area contributed by atoms with E-state index in [0.29, 0.717) is 19.6 Å². The Hall–Kier alpha value is -3.61. The molecular formula is C31H35N3O3. The van der Waals surface area contributed by atoms with Gasteiger partial charge in [0.05, 0.1) is 6.04 Å². The lowest BCUT2D eigenvalue weighted by Crippen LogP contribution is -2.27. The standard InChI is InChI=1S/C31H35N3O3/c1-3-23-18-26-19-24(10-12-27(26)33-31(23)35)30(25-11-13-28-29(20-25)37-17-16-36-28)32-14-7-15-34(2)21-22-8-5-4-6-9-22/h4-6,8-13,18-20,30,32H,3,7,14-17,21H2,1-2H3,(H,33,35). The first-order chi connectivity index (χ1) is 18.1. The van der Waals surface area contributed by atoms with Crippen LogP contribution in [0.5, 0.6) is 11.5 Å². The fraction of sp³-hybridized carbons (Fsp3) is 0.323. The number of hydrogen-bond acceptors (Lipinski definition) is 5. The van der Waals surface area contributed by atoms with Crippen LogP contribution in [0.2, 0.25) is 0 Å². The molecule has 1 aromatic heterocycles. The van der Waals surface area contributed by atoms with Gasteiger partial charge in [0.15, 0.2) is 11.5 Å². The van der Waals surface area contributed by atoms with Gasteiger partial charge < -0.3 is 24.7 Å². The first kappa shape index (κ1) is 25.1. The van der Waals surface area contributed by atoms with Gasteiger partial charge in [-0.3, -0.25) is 4.79 Å². The number of aromatic nitrogens is 1. The van der Waals surface area contributed by atoms with Crippen LogP contribution in [0.15, 0.2) is 77.6 Å². The molecule has 37 heavy (non-hydrogen) atoms. The number of benzene rings is 3. The van der Waals surface area contributed by atoms with E-state index in [1.807, 2.05) is 25.1 Å². The number of nitrogens with zero attached hydrogens (tertiary/aromatic N) is 1. The van der Waals surface area contributed by atoms with Crippen molar-refractivity contribution in [3.8, 4) is 11.5 Å². The number of ether oxygens (including phenoxy) is 2. The van der Waals surface area contributed by atoms with Crippen LogP contribution in [-0.4, -0.2) is 43.2 Å². The molecule has 2 heterocycles. The fourth-order valence-electron chi connectivity index (χ4n) is 4.95. The lowest BCUT2D eigenvalue weighted by molar-refractivity contribution is 0.171. The second-order valence-electron chi connectivity index (χ2n) is 9.69. The minimum absolute atomic E-state index is 0.0103. The summed E-state index contributed by atoms with van der Waals surface area (Å²) in [5.74, 6) is 1.58. The van der Waals surface area contributed by atoms with Gasteiger partial charge in [-0.05, 0) is 85.4 Å². The molecule has 0 bridgehead atoms. The summed E-state index contributed by atoms with van der Waals surface area (Å²) >= 11 is 0. The van der Waals surface area contributed by atoms with Crippen molar-refractivity contribution in [3.63, 3.8) is 0 Å². The second-order valence-corrected chi connectivity index (χ2v) is 9.69. The van der Waals surface area contributed by atoms with Gasteiger partial charge in [0.1, 0.15) is 13.2 Å². The fourth-order valence-corrected chi connectivity index (χ4v) is 4.95. The molecule has 1 aliphatic heterocycles. The molecule has 5 rings (SSSR count). The molecule has 4 aromatic rings. The summed E-state index contributed by atoms with van der Waals surface area (Å²) < 4.78 is 11.6. The van der Waals surface area contributed by atoms with Crippen molar-refractivity contribution in [2.75, 3.05) is 33.4 Å². The molecule has 6 heteroatoms. The van der Waals surface area contributed by atoms with Gasteiger partial charge in [-0.2, -0.15) is 0 Å². The molecule has 2 N–H and O–H groups in total. The Morgan fingerprint density at radius 1 is 0.946 bits per heavy atom. The molecule has 0 aliphatic carbocycles. The van der Waals surface area contributed by atoms with Crippen LogP contribution in [0.3, 0.4) is 0 Å². The van der Waals surface area contributed by atoms with E-state index in [0.717, 1.165) is 65.1 Å². The van der Waals surface area contributed by atoms with Gasteiger partial charge in [0.25, 0.3) is 5.56 Å². The van der Waals surface area contributed by atoms with Gasteiger partial charge in [0.2, 0.25) is 0 Å². The molecule has 0 amide bonds. The number of hydrogen-bond donors (Lipinski definition) is 2. The van der Waals surface area contributed by atoms with E-state index in [1.54, 1.807) is 0 Å². The summed E-state index contributed by atoms with van der Waals surface area (Å²) in [6, 6.07) is 25.0. The SMILES string of the molecule is CCc1cc2cc(C(NCCCN(C)Cc3ccccc3)c3ccc4c(c3)OCCO4)ccc2[nH]c1=O. The van der Waals surface area contributed by atoms with Crippen molar-refractivity contribution in [2.45, 2.75) is 32.4 Å². The highest BCUT2D eigenvalue weighted by Crippen LogP contribution is 2.35. The summed E-state index contributed by atoms with van der Waals surface area (Å²) in [6.07, 6.45) is 1.72. The minimum atomic E-state index is -0.0170. The zero-order valence-electron chi connectivity index (χ0n) is 21.6. The van der Waals surface area contributed by atoms with E-state index in [-0.39, 0.29) is 11.6 Å². The van der Waals surface area contributed by atoms with Crippen molar-refractivity contribution >= 4 is 10.9 Å². The van der Waals surface area contributed by atoms with Gasteiger partial charge in [-0.25, -0.2) is 0 Å². The molecule has 3 aromatic carbocycles. The lowest BCUT2D eigenvalue weighted by Gasteiger charge is -2.24. The Morgan fingerprint density at radius 2 is 1.70 bits per heavy atom. The molecule has 1 atom stereocenters. The third-order valence-electron chi connectivity index (χ3n) is 6.92. The highest BCUT2D eigenvalue weighted by atomic mass is 16.6. The molecular weight excluding hydrogens is 462 g/mol. The number of fused-ring (bicyclic) bond motifs is 2. The summed E-state index contributed by atoms with van der Waals surface area (Å²) in [6.45, 7) is 5.94. The van der Waals surface area contributed by atoms with Crippen molar-refractivity contribution in [1.82, 2.24) is 15.2 Å². The molecule has 0 saturated heterocycles. The summed E-state index contributed by atoms with van der Waals surface area (Å²) in [5.41, 5.74) is 5.25. The molecule has 0 fully saturated rings. The monoisotopic (exact) mass is 497 g/mol. The highest BCUT2D eigenvalue weighted by molar-refractivity contribution is 5.80. The normalized spacial score (nSPS) is 13.7. The van der Waals surface area contributed by atoms with Crippen LogP contribution in [0.4, 0.5) is 0 Å². The quantitative estimate of drug-likeness (QED) is 0.300. The Balaban J connectivity index is 1.35. The van der Waals surface area contributed by atoms with Crippen LogP contribution >= 0.6 is 0 Å². The van der Waals surface area contributed by atoms with Gasteiger partial charge in [-0.15, -0.1) is 0 Å². The third-order valence-corrected chi connectivity index (χ3v) is 6.92. The van der Waals surface area contributed by atoms with Gasteiger partial charge in [-0.1, -0.05) is 49.4 Å². The topological polar surface area (TPSA) is 66.6 Å². The van der Waals surface area contributed by atoms with Crippen molar-refractivity contribution < 1.29 is 9.47 Å². The Morgan fingerprint density at radius 3 is 2.51 bits per heavy atom. The third kappa shape index (κ3) is 6.04. The van der Waals surface area contributed by atoms with Crippen LogP contribution in [0, 0.1) is 0 Å². The number of H-pyrrole nitrogens is 1. The predicted octanol–water partition coefficient (Wildman–Crippen LogP) is 5.06. The lowest BCUT2D eigenvalue weighted by atomic mass is 9.96. The van der Waals surface area contributed by atoms with Gasteiger partial charge >= 0.3 is 0 Å². The van der Waals surface area contributed by atoms with Crippen LogP contribution < -0.4 is 20.3 Å². The maximum absolute atomic E-state index is 12.3. The van der Waals surface area contributed by atoms with E-state index < -0.39 is 0 Å². The van der Waals surface area contributed by atoms with Crippen molar-refractivity contribution in [1.29, 1.82) is 0 Å². The van der Waals surface area contributed by atoms with Crippen LogP contribution in [-0.2, 0) is 13.0 Å². The molecule has 0 spiro atoms. The smallest absolute Gasteiger partial charge is 0.251 e. The first-order valence-electron chi connectivity index (χ1n) is 13.1. The molecule has 1 aliphatic rings. The second kappa shape index (κ2) is 11.6. The van der Waals surface area contributed by atoms with E-state index in [1.165, 1.54) is 5.56 Å². The van der Waals surface area contributed by atoms with Crippen LogP contribution in [0.1, 0.15) is 41.6 Å². The van der Waals surface area contributed by atoms with Crippen molar-refractivity contribution in [3.05, 3.63) is 105 Å². The zero-order chi connectivity index (χ0) is 25.6. The molecule has 192 valence electrons. The van der Waals surface area contributed by atoms with E-state index in [9.17, 15) is 4.79 Å². The summed E-state index contributed by atoms with van der Waals surface area (Å²) in [4.78, 5) is 17.7. The summed E-state index contributed by atoms with van der Waals surface area (Å²) in [7, 11) is 2.17. The van der Waals surface area contributed by atoms with Gasteiger partial charge in [0, 0.05) is 17.6 Å².